The molecule has 102 valence electrons. The quantitative estimate of drug-likeness (QED) is 0.854. The topological polar surface area (TPSA) is 61.3 Å². The van der Waals surface area contributed by atoms with Crippen LogP contribution < -0.4 is 5.73 Å². The summed E-state index contributed by atoms with van der Waals surface area (Å²) in [5, 5.41) is 0. The Morgan fingerprint density at radius 1 is 1.26 bits per heavy atom. The van der Waals surface area contributed by atoms with Gasteiger partial charge >= 0.3 is 0 Å². The van der Waals surface area contributed by atoms with Gasteiger partial charge in [-0.3, -0.25) is 0 Å². The zero-order valence-corrected chi connectivity index (χ0v) is 11.1. The molecule has 0 radical (unpaired) electrons. The molecule has 1 aliphatic carbocycles. The lowest BCUT2D eigenvalue weighted by Gasteiger charge is -2.20. The van der Waals surface area contributed by atoms with Gasteiger partial charge in [-0.05, 0) is 37.0 Å². The maximum atomic E-state index is 5.73. The standard InChI is InChI=1S/C15H20N2O2/c16-12-6-7-14-13(8-12)17-15(19-14)10-18-9-11-4-2-1-3-5-11/h6-8,11H,1-5,9-10,16H2. The molecule has 0 saturated heterocycles. The van der Waals surface area contributed by atoms with Crippen molar-refractivity contribution in [3.05, 3.63) is 24.1 Å². The molecule has 1 aliphatic rings. The minimum absolute atomic E-state index is 0.449. The van der Waals surface area contributed by atoms with Crippen LogP contribution in [-0.2, 0) is 11.3 Å². The number of ether oxygens (including phenoxy) is 1. The first-order valence-electron chi connectivity index (χ1n) is 7.04. The maximum absolute atomic E-state index is 5.73. The van der Waals surface area contributed by atoms with Crippen LogP contribution in [0.4, 0.5) is 5.69 Å². The number of hydrogen-bond acceptors (Lipinski definition) is 4. The number of fused-ring (bicyclic) bond motifs is 1. The fourth-order valence-electron chi connectivity index (χ4n) is 2.72. The van der Waals surface area contributed by atoms with Crippen molar-refractivity contribution in [1.82, 2.24) is 4.98 Å². The SMILES string of the molecule is Nc1ccc2oc(COCC3CCCCC3)nc2c1. The van der Waals surface area contributed by atoms with E-state index >= 15 is 0 Å². The average molecular weight is 260 g/mol. The van der Waals surface area contributed by atoms with Gasteiger partial charge in [-0.15, -0.1) is 0 Å². The Balaban J connectivity index is 1.56. The normalized spacial score (nSPS) is 17.1. The predicted molar refractivity (Wildman–Crippen MR) is 74.7 cm³/mol. The monoisotopic (exact) mass is 260 g/mol. The first kappa shape index (κ1) is 12.5. The van der Waals surface area contributed by atoms with E-state index in [1.54, 1.807) is 0 Å². The lowest BCUT2D eigenvalue weighted by atomic mass is 9.90. The molecule has 0 amide bonds. The van der Waals surface area contributed by atoms with Gasteiger partial charge in [-0.2, -0.15) is 0 Å². The van der Waals surface area contributed by atoms with E-state index in [0.717, 1.165) is 17.7 Å². The number of nitrogen functional groups attached to an aromatic ring is 1. The van der Waals surface area contributed by atoms with Crippen molar-refractivity contribution in [2.24, 2.45) is 5.92 Å². The van der Waals surface area contributed by atoms with Gasteiger partial charge in [0.1, 0.15) is 12.1 Å². The second-order valence-electron chi connectivity index (χ2n) is 5.35. The lowest BCUT2D eigenvalue weighted by Crippen LogP contribution is -2.13. The average Bonchev–Trinajstić information content (AvgIpc) is 2.82. The van der Waals surface area contributed by atoms with Crippen LogP contribution >= 0.6 is 0 Å². The molecule has 1 aromatic heterocycles. The summed E-state index contributed by atoms with van der Waals surface area (Å²) < 4.78 is 11.4. The summed E-state index contributed by atoms with van der Waals surface area (Å²) >= 11 is 0. The van der Waals surface area contributed by atoms with Gasteiger partial charge in [-0.1, -0.05) is 19.3 Å². The van der Waals surface area contributed by atoms with Crippen LogP contribution in [-0.4, -0.2) is 11.6 Å². The molecule has 0 spiro atoms. The van der Waals surface area contributed by atoms with E-state index in [0.29, 0.717) is 24.1 Å². The third-order valence-electron chi connectivity index (χ3n) is 3.76. The Kier molecular flexibility index (Phi) is 3.69. The summed E-state index contributed by atoms with van der Waals surface area (Å²) in [5.41, 5.74) is 7.99. The second kappa shape index (κ2) is 5.61. The molecule has 1 fully saturated rings. The number of benzene rings is 1. The molecular formula is C15H20N2O2. The highest BCUT2D eigenvalue weighted by Crippen LogP contribution is 2.24. The Morgan fingerprint density at radius 2 is 2.11 bits per heavy atom. The fourth-order valence-corrected chi connectivity index (χ4v) is 2.72. The number of aromatic nitrogens is 1. The van der Waals surface area contributed by atoms with E-state index in [9.17, 15) is 0 Å². The molecule has 1 aromatic carbocycles. The van der Waals surface area contributed by atoms with Crippen molar-refractivity contribution >= 4 is 16.8 Å². The highest BCUT2D eigenvalue weighted by molar-refractivity contribution is 5.76. The molecule has 0 atom stereocenters. The highest BCUT2D eigenvalue weighted by Gasteiger charge is 2.14. The molecule has 4 heteroatoms. The molecule has 0 aliphatic heterocycles. The van der Waals surface area contributed by atoms with E-state index in [1.807, 2.05) is 18.2 Å². The van der Waals surface area contributed by atoms with Gasteiger partial charge in [0.2, 0.25) is 5.89 Å². The first-order chi connectivity index (χ1) is 9.31. The van der Waals surface area contributed by atoms with E-state index in [2.05, 4.69) is 4.98 Å². The zero-order valence-electron chi connectivity index (χ0n) is 11.1. The Hall–Kier alpha value is -1.55. The number of nitrogens with zero attached hydrogens (tertiary/aromatic N) is 1. The molecule has 1 saturated carbocycles. The molecule has 4 nitrogen and oxygen atoms in total. The van der Waals surface area contributed by atoms with Crippen LogP contribution in [0.25, 0.3) is 11.1 Å². The van der Waals surface area contributed by atoms with Crippen molar-refractivity contribution in [3.63, 3.8) is 0 Å². The van der Waals surface area contributed by atoms with E-state index in [1.165, 1.54) is 32.1 Å². The summed E-state index contributed by atoms with van der Waals surface area (Å²) in [7, 11) is 0. The van der Waals surface area contributed by atoms with E-state index in [-0.39, 0.29) is 0 Å². The van der Waals surface area contributed by atoms with Crippen molar-refractivity contribution in [2.45, 2.75) is 38.7 Å². The third kappa shape index (κ3) is 3.07. The van der Waals surface area contributed by atoms with Crippen molar-refractivity contribution in [2.75, 3.05) is 12.3 Å². The molecule has 2 N–H and O–H groups in total. The summed E-state index contributed by atoms with van der Waals surface area (Å²) in [6, 6.07) is 5.49. The Bertz CT molecular complexity index is 544. The van der Waals surface area contributed by atoms with Gasteiger partial charge in [0, 0.05) is 5.69 Å². The van der Waals surface area contributed by atoms with Gasteiger partial charge in [0.05, 0.1) is 6.61 Å². The van der Waals surface area contributed by atoms with Crippen LogP contribution in [0.3, 0.4) is 0 Å². The zero-order chi connectivity index (χ0) is 13.1. The fraction of sp³-hybridized carbons (Fsp3) is 0.533. The van der Waals surface area contributed by atoms with Crippen LogP contribution in [0.2, 0.25) is 0 Å². The lowest BCUT2D eigenvalue weighted by molar-refractivity contribution is 0.0620. The smallest absolute Gasteiger partial charge is 0.221 e. The summed E-state index contributed by atoms with van der Waals surface area (Å²) in [6.45, 7) is 1.27. The van der Waals surface area contributed by atoms with Crippen molar-refractivity contribution < 1.29 is 9.15 Å². The van der Waals surface area contributed by atoms with Crippen molar-refractivity contribution in [1.29, 1.82) is 0 Å². The van der Waals surface area contributed by atoms with Gasteiger partial charge in [0.25, 0.3) is 0 Å². The molecule has 2 aromatic rings. The minimum atomic E-state index is 0.449. The van der Waals surface area contributed by atoms with Gasteiger partial charge < -0.3 is 14.9 Å². The van der Waals surface area contributed by atoms with Crippen molar-refractivity contribution in [3.8, 4) is 0 Å². The number of oxazole rings is 1. The van der Waals surface area contributed by atoms with Crippen LogP contribution in [0, 0.1) is 5.92 Å². The summed E-state index contributed by atoms with van der Waals surface area (Å²) in [6.07, 6.45) is 6.66. The number of anilines is 1. The Morgan fingerprint density at radius 3 is 2.95 bits per heavy atom. The number of nitrogens with two attached hydrogens (primary N) is 1. The predicted octanol–water partition coefficient (Wildman–Crippen LogP) is 3.51. The number of hydrogen-bond donors (Lipinski definition) is 1. The molecule has 1 heterocycles. The van der Waals surface area contributed by atoms with Gasteiger partial charge in [0.15, 0.2) is 5.58 Å². The van der Waals surface area contributed by atoms with Crippen LogP contribution in [0.5, 0.6) is 0 Å². The second-order valence-corrected chi connectivity index (χ2v) is 5.35. The molecule has 0 bridgehead atoms. The summed E-state index contributed by atoms with van der Waals surface area (Å²) in [5.74, 6) is 1.35. The number of rotatable bonds is 4. The molecule has 19 heavy (non-hydrogen) atoms. The summed E-state index contributed by atoms with van der Waals surface area (Å²) in [4.78, 5) is 4.38. The molecule has 0 unspecified atom stereocenters. The largest absolute Gasteiger partial charge is 0.438 e. The van der Waals surface area contributed by atoms with E-state index in [4.69, 9.17) is 14.9 Å². The highest BCUT2D eigenvalue weighted by atomic mass is 16.5. The Labute approximate surface area is 112 Å². The minimum Gasteiger partial charge on any atom is -0.438 e. The third-order valence-corrected chi connectivity index (χ3v) is 3.76. The maximum Gasteiger partial charge on any atom is 0.221 e. The molecular weight excluding hydrogens is 240 g/mol. The molecule has 3 rings (SSSR count). The first-order valence-corrected chi connectivity index (χ1v) is 7.04. The van der Waals surface area contributed by atoms with Crippen LogP contribution in [0.1, 0.15) is 38.0 Å². The van der Waals surface area contributed by atoms with E-state index < -0.39 is 0 Å². The van der Waals surface area contributed by atoms with Crippen LogP contribution in [0.15, 0.2) is 22.6 Å². The van der Waals surface area contributed by atoms with Gasteiger partial charge in [-0.25, -0.2) is 4.98 Å².